The molecule has 0 bridgehead atoms. The summed E-state index contributed by atoms with van der Waals surface area (Å²) in [4.78, 5) is 27.1. The summed E-state index contributed by atoms with van der Waals surface area (Å²) < 4.78 is 12.7. The number of rotatable bonds is 8. The maximum Gasteiger partial charge on any atom is 0.293 e. The molecule has 0 N–H and O–H groups in total. The Morgan fingerprint density at radius 3 is 2.31 bits per heavy atom. The van der Waals surface area contributed by atoms with Crippen LogP contribution >= 0.6 is 27.7 Å². The lowest BCUT2D eigenvalue weighted by Crippen LogP contribution is -2.27. The van der Waals surface area contributed by atoms with Crippen molar-refractivity contribution in [3.63, 3.8) is 0 Å². The Bertz CT molecular complexity index is 1270. The SMILES string of the molecule is CC(C)(C)c1ccc(OCCOc2cc(Br)ccc2/C=C2\SC(=O)N(Cc3ccccc3)C2=O)cc1. The molecule has 0 radical (unpaired) electrons. The Labute approximate surface area is 224 Å². The first kappa shape index (κ1) is 26.0. The standard InChI is InChI=1S/C29H28BrNO4S/c1-29(2,3)22-10-13-24(14-11-22)34-15-16-35-25-18-23(30)12-9-21(25)17-26-27(32)31(28(33)36-26)19-20-7-5-4-6-8-20/h4-14,17-18H,15-16,19H2,1-3H3/b26-17-. The lowest BCUT2D eigenvalue weighted by atomic mass is 9.87. The molecule has 4 rings (SSSR count). The monoisotopic (exact) mass is 565 g/mol. The van der Waals surface area contributed by atoms with E-state index in [0.29, 0.717) is 23.9 Å². The highest BCUT2D eigenvalue weighted by molar-refractivity contribution is 9.10. The van der Waals surface area contributed by atoms with Gasteiger partial charge < -0.3 is 9.47 Å². The van der Waals surface area contributed by atoms with Gasteiger partial charge in [0.25, 0.3) is 11.1 Å². The number of halogens is 1. The molecule has 5 nitrogen and oxygen atoms in total. The molecule has 0 saturated carbocycles. The van der Waals surface area contributed by atoms with E-state index in [1.165, 1.54) is 10.5 Å². The number of benzene rings is 3. The smallest absolute Gasteiger partial charge is 0.293 e. The first-order valence-electron chi connectivity index (χ1n) is 11.7. The van der Waals surface area contributed by atoms with E-state index >= 15 is 0 Å². The largest absolute Gasteiger partial charge is 0.490 e. The van der Waals surface area contributed by atoms with Crippen LogP contribution in [0.3, 0.4) is 0 Å². The van der Waals surface area contributed by atoms with Crippen LogP contribution < -0.4 is 9.47 Å². The zero-order valence-electron chi connectivity index (χ0n) is 20.5. The minimum Gasteiger partial charge on any atom is -0.490 e. The van der Waals surface area contributed by atoms with E-state index in [-0.39, 0.29) is 23.1 Å². The van der Waals surface area contributed by atoms with Gasteiger partial charge in [-0.2, -0.15) is 0 Å². The number of thioether (sulfide) groups is 1. The normalized spacial score (nSPS) is 15.0. The van der Waals surface area contributed by atoms with Gasteiger partial charge in [0.1, 0.15) is 24.7 Å². The average molecular weight is 567 g/mol. The van der Waals surface area contributed by atoms with Crippen LogP contribution in [0.2, 0.25) is 0 Å². The predicted molar refractivity (Wildman–Crippen MR) is 148 cm³/mol. The van der Waals surface area contributed by atoms with Crippen molar-refractivity contribution in [3.05, 3.63) is 98.9 Å². The predicted octanol–water partition coefficient (Wildman–Crippen LogP) is 7.44. The van der Waals surface area contributed by atoms with E-state index in [2.05, 4.69) is 48.8 Å². The van der Waals surface area contributed by atoms with Crippen molar-refractivity contribution in [2.24, 2.45) is 0 Å². The van der Waals surface area contributed by atoms with E-state index in [1.54, 1.807) is 6.08 Å². The number of amides is 2. The Hall–Kier alpha value is -3.03. The highest BCUT2D eigenvalue weighted by Crippen LogP contribution is 2.35. The van der Waals surface area contributed by atoms with Gasteiger partial charge in [-0.3, -0.25) is 14.5 Å². The first-order valence-corrected chi connectivity index (χ1v) is 13.3. The summed E-state index contributed by atoms with van der Waals surface area (Å²) in [5.74, 6) is 1.09. The minimum atomic E-state index is -0.301. The number of carbonyl (C=O) groups excluding carboxylic acids is 2. The van der Waals surface area contributed by atoms with Crippen molar-refractivity contribution < 1.29 is 19.1 Å². The molecule has 1 heterocycles. The third kappa shape index (κ3) is 6.59. The molecule has 3 aromatic rings. The molecule has 1 fully saturated rings. The average Bonchev–Trinajstić information content (AvgIpc) is 3.11. The van der Waals surface area contributed by atoms with Gasteiger partial charge in [-0.1, -0.05) is 85.2 Å². The van der Waals surface area contributed by atoms with E-state index in [1.807, 2.05) is 60.7 Å². The number of hydrogen-bond acceptors (Lipinski definition) is 5. The minimum absolute atomic E-state index is 0.0927. The second-order valence-electron chi connectivity index (χ2n) is 9.41. The summed E-state index contributed by atoms with van der Waals surface area (Å²) in [6.45, 7) is 7.48. The molecule has 3 aromatic carbocycles. The number of imide groups is 1. The topological polar surface area (TPSA) is 55.8 Å². The molecule has 186 valence electrons. The Morgan fingerprint density at radius 2 is 1.61 bits per heavy atom. The van der Waals surface area contributed by atoms with Gasteiger partial charge in [-0.25, -0.2) is 0 Å². The highest BCUT2D eigenvalue weighted by Gasteiger charge is 2.35. The van der Waals surface area contributed by atoms with Crippen LogP contribution in [0.5, 0.6) is 11.5 Å². The van der Waals surface area contributed by atoms with Crippen molar-refractivity contribution in [2.45, 2.75) is 32.7 Å². The Kier molecular flexibility index (Phi) is 8.21. The molecule has 0 spiro atoms. The molecule has 0 aromatic heterocycles. The third-order valence-corrected chi connectivity index (χ3v) is 7.05. The first-order chi connectivity index (χ1) is 17.2. The van der Waals surface area contributed by atoms with Gasteiger partial charge in [0.2, 0.25) is 0 Å². The molecule has 0 unspecified atom stereocenters. The molecular formula is C29H28BrNO4S. The van der Waals surface area contributed by atoms with Crippen LogP contribution in [0, 0.1) is 0 Å². The molecule has 2 amide bonds. The second-order valence-corrected chi connectivity index (χ2v) is 11.3. The van der Waals surface area contributed by atoms with Crippen molar-refractivity contribution in [3.8, 4) is 11.5 Å². The van der Waals surface area contributed by atoms with Crippen molar-refractivity contribution in [1.29, 1.82) is 0 Å². The van der Waals surface area contributed by atoms with Crippen LogP contribution in [0.1, 0.15) is 37.5 Å². The summed E-state index contributed by atoms with van der Waals surface area (Å²) in [6, 6.07) is 23.1. The van der Waals surface area contributed by atoms with E-state index in [9.17, 15) is 9.59 Å². The van der Waals surface area contributed by atoms with Gasteiger partial charge >= 0.3 is 0 Å². The molecule has 7 heteroatoms. The summed E-state index contributed by atoms with van der Waals surface area (Å²) >= 11 is 4.42. The molecule has 0 atom stereocenters. The van der Waals surface area contributed by atoms with Gasteiger partial charge in [0.15, 0.2) is 0 Å². The summed E-state index contributed by atoms with van der Waals surface area (Å²) in [7, 11) is 0. The highest BCUT2D eigenvalue weighted by atomic mass is 79.9. The van der Waals surface area contributed by atoms with Crippen LogP contribution in [0.15, 0.2) is 82.2 Å². The maximum absolute atomic E-state index is 13.0. The lowest BCUT2D eigenvalue weighted by molar-refractivity contribution is -0.123. The van der Waals surface area contributed by atoms with Crippen molar-refractivity contribution in [1.82, 2.24) is 4.90 Å². The molecule has 0 aliphatic carbocycles. The molecule has 36 heavy (non-hydrogen) atoms. The zero-order chi connectivity index (χ0) is 25.7. The van der Waals surface area contributed by atoms with Gasteiger partial charge in [-0.15, -0.1) is 0 Å². The third-order valence-electron chi connectivity index (χ3n) is 5.65. The fraction of sp³-hybridized carbons (Fsp3) is 0.241. The summed E-state index contributed by atoms with van der Waals surface area (Å²) in [5, 5.41) is -0.277. The van der Waals surface area contributed by atoms with Gasteiger partial charge in [0, 0.05) is 10.0 Å². The van der Waals surface area contributed by atoms with Crippen molar-refractivity contribution in [2.75, 3.05) is 13.2 Å². The van der Waals surface area contributed by atoms with Gasteiger partial charge in [-0.05, 0) is 58.6 Å². The number of hydrogen-bond donors (Lipinski definition) is 0. The second kappa shape index (κ2) is 11.4. The van der Waals surface area contributed by atoms with Gasteiger partial charge in [0.05, 0.1) is 11.4 Å². The van der Waals surface area contributed by atoms with Crippen molar-refractivity contribution >= 4 is 44.9 Å². The van der Waals surface area contributed by atoms with Crippen LogP contribution in [0.25, 0.3) is 6.08 Å². The number of nitrogens with zero attached hydrogens (tertiary/aromatic N) is 1. The molecule has 1 aliphatic heterocycles. The summed E-state index contributed by atoms with van der Waals surface area (Å²) in [5.41, 5.74) is 2.97. The van der Waals surface area contributed by atoms with Crippen LogP contribution in [-0.2, 0) is 16.8 Å². The van der Waals surface area contributed by atoms with Crippen LogP contribution in [0.4, 0.5) is 4.79 Å². The fourth-order valence-electron chi connectivity index (χ4n) is 3.66. The van der Waals surface area contributed by atoms with E-state index in [0.717, 1.165) is 33.1 Å². The lowest BCUT2D eigenvalue weighted by Gasteiger charge is -2.19. The van der Waals surface area contributed by atoms with E-state index in [4.69, 9.17) is 9.47 Å². The van der Waals surface area contributed by atoms with Crippen LogP contribution in [-0.4, -0.2) is 29.3 Å². The summed E-state index contributed by atoms with van der Waals surface area (Å²) in [6.07, 6.45) is 1.71. The zero-order valence-corrected chi connectivity index (χ0v) is 22.9. The maximum atomic E-state index is 13.0. The molecule has 1 saturated heterocycles. The number of carbonyl (C=O) groups is 2. The van der Waals surface area contributed by atoms with E-state index < -0.39 is 0 Å². The fourth-order valence-corrected chi connectivity index (χ4v) is 4.83. The quantitative estimate of drug-likeness (QED) is 0.210. The Morgan fingerprint density at radius 1 is 0.917 bits per heavy atom. The Balaban J connectivity index is 1.40. The molecular weight excluding hydrogens is 538 g/mol. The molecule has 1 aliphatic rings. The number of ether oxygens (including phenoxy) is 2.